The minimum Gasteiger partial charge on any atom is -0.378 e. The average Bonchev–Trinajstić information content (AvgIpc) is 2.26. The predicted octanol–water partition coefficient (Wildman–Crippen LogP) is 0.937. The first-order valence-electron chi connectivity index (χ1n) is 6.55. The van der Waals surface area contributed by atoms with Crippen molar-refractivity contribution in [2.45, 2.75) is 34.1 Å². The van der Waals surface area contributed by atoms with Gasteiger partial charge in [-0.05, 0) is 5.92 Å². The van der Waals surface area contributed by atoms with Crippen molar-refractivity contribution in [2.75, 3.05) is 26.3 Å². The molecule has 0 aromatic rings. The Morgan fingerprint density at radius 2 is 1.56 bits per heavy atom. The molecule has 0 aliphatic heterocycles. The second-order valence-electron chi connectivity index (χ2n) is 5.01. The molecule has 0 bridgehead atoms. The van der Waals surface area contributed by atoms with E-state index in [1.807, 2.05) is 27.7 Å². The zero-order valence-electron chi connectivity index (χ0n) is 11.9. The highest BCUT2D eigenvalue weighted by Gasteiger charge is 2.05. The summed E-state index contributed by atoms with van der Waals surface area (Å²) < 4.78 is 5.29. The average molecular weight is 258 g/mol. The van der Waals surface area contributed by atoms with Crippen LogP contribution >= 0.6 is 0 Å². The van der Waals surface area contributed by atoms with Crippen LogP contribution in [0, 0.1) is 11.8 Å². The molecular weight excluding hydrogens is 232 g/mol. The smallest absolute Gasteiger partial charge is 0.222 e. The molecule has 106 valence electrons. The molecular formula is C13H26N2O3. The minimum absolute atomic E-state index is 0.000298. The largest absolute Gasteiger partial charge is 0.378 e. The normalized spacial score (nSPS) is 10.8. The van der Waals surface area contributed by atoms with E-state index in [0.717, 1.165) is 0 Å². The van der Waals surface area contributed by atoms with Crippen molar-refractivity contribution >= 4 is 11.8 Å². The van der Waals surface area contributed by atoms with Crippen LogP contribution in [-0.2, 0) is 14.3 Å². The van der Waals surface area contributed by atoms with Crippen LogP contribution in [0.25, 0.3) is 0 Å². The van der Waals surface area contributed by atoms with Crippen LogP contribution in [0.2, 0.25) is 0 Å². The predicted molar refractivity (Wildman–Crippen MR) is 71.1 cm³/mol. The number of ether oxygens (including phenoxy) is 1. The molecule has 0 spiro atoms. The van der Waals surface area contributed by atoms with Crippen molar-refractivity contribution < 1.29 is 14.3 Å². The third-order valence-electron chi connectivity index (χ3n) is 2.23. The van der Waals surface area contributed by atoms with Crippen molar-refractivity contribution in [3.05, 3.63) is 0 Å². The Bertz CT molecular complexity index is 253. The number of carbonyl (C=O) groups excluding carboxylic acids is 2. The lowest BCUT2D eigenvalue weighted by molar-refractivity contribution is -0.124. The quantitative estimate of drug-likeness (QED) is 0.605. The molecule has 0 unspecified atom stereocenters. The Kier molecular flexibility index (Phi) is 9.28. The maximum absolute atomic E-state index is 11.3. The van der Waals surface area contributed by atoms with Gasteiger partial charge in [-0.15, -0.1) is 0 Å². The van der Waals surface area contributed by atoms with Crippen molar-refractivity contribution in [1.29, 1.82) is 0 Å². The summed E-state index contributed by atoms with van der Waals surface area (Å²) in [5.74, 6) is 0.461. The number of carbonyl (C=O) groups is 2. The van der Waals surface area contributed by atoms with Gasteiger partial charge in [0.15, 0.2) is 0 Å². The summed E-state index contributed by atoms with van der Waals surface area (Å²) in [6.45, 7) is 9.68. The van der Waals surface area contributed by atoms with Crippen LogP contribution in [0.4, 0.5) is 0 Å². The summed E-state index contributed by atoms with van der Waals surface area (Å²) in [6.07, 6.45) is 0.546. The highest BCUT2D eigenvalue weighted by Crippen LogP contribution is 1.97. The fourth-order valence-electron chi connectivity index (χ4n) is 1.26. The number of rotatable bonds is 9. The van der Waals surface area contributed by atoms with Gasteiger partial charge in [-0.3, -0.25) is 9.59 Å². The van der Waals surface area contributed by atoms with Gasteiger partial charge in [0.1, 0.15) is 0 Å². The number of hydrogen-bond acceptors (Lipinski definition) is 3. The molecule has 2 N–H and O–H groups in total. The molecule has 0 saturated carbocycles. The maximum atomic E-state index is 11.3. The minimum atomic E-state index is 0.000298. The zero-order chi connectivity index (χ0) is 14.0. The lowest BCUT2D eigenvalue weighted by Gasteiger charge is -2.09. The summed E-state index contributed by atoms with van der Waals surface area (Å²) in [5, 5.41) is 5.54. The summed E-state index contributed by atoms with van der Waals surface area (Å²) in [5.41, 5.74) is 0. The molecule has 0 radical (unpaired) electrons. The second-order valence-corrected chi connectivity index (χ2v) is 5.01. The third kappa shape index (κ3) is 10.1. The van der Waals surface area contributed by atoms with Gasteiger partial charge in [0, 0.05) is 25.4 Å². The SMILES string of the molecule is CC(C)CC(=O)NCCOCCNC(=O)C(C)C. The Balaban J connectivity index is 3.31. The van der Waals surface area contributed by atoms with Crippen LogP contribution < -0.4 is 10.6 Å². The Morgan fingerprint density at radius 3 is 2.06 bits per heavy atom. The van der Waals surface area contributed by atoms with Gasteiger partial charge in [-0.2, -0.15) is 0 Å². The van der Waals surface area contributed by atoms with E-state index in [1.54, 1.807) is 0 Å². The molecule has 0 aromatic carbocycles. The highest BCUT2D eigenvalue weighted by atomic mass is 16.5. The van der Waals surface area contributed by atoms with E-state index < -0.39 is 0 Å². The topological polar surface area (TPSA) is 67.4 Å². The third-order valence-corrected chi connectivity index (χ3v) is 2.23. The van der Waals surface area contributed by atoms with Gasteiger partial charge < -0.3 is 15.4 Å². The van der Waals surface area contributed by atoms with Crippen molar-refractivity contribution in [3.8, 4) is 0 Å². The van der Waals surface area contributed by atoms with E-state index in [2.05, 4.69) is 10.6 Å². The van der Waals surface area contributed by atoms with Gasteiger partial charge in [-0.25, -0.2) is 0 Å². The summed E-state index contributed by atoms with van der Waals surface area (Å²) in [7, 11) is 0. The van der Waals surface area contributed by atoms with Crippen LogP contribution in [0.3, 0.4) is 0 Å². The van der Waals surface area contributed by atoms with Gasteiger partial charge in [-0.1, -0.05) is 27.7 Å². The van der Waals surface area contributed by atoms with Crippen LogP contribution in [-0.4, -0.2) is 38.1 Å². The fraction of sp³-hybridized carbons (Fsp3) is 0.846. The van der Waals surface area contributed by atoms with Gasteiger partial charge in [0.25, 0.3) is 0 Å². The first kappa shape index (κ1) is 16.9. The molecule has 0 fully saturated rings. The van der Waals surface area contributed by atoms with E-state index in [4.69, 9.17) is 4.74 Å². The zero-order valence-corrected chi connectivity index (χ0v) is 11.9. The van der Waals surface area contributed by atoms with Gasteiger partial charge in [0.2, 0.25) is 11.8 Å². The Hall–Kier alpha value is -1.10. The van der Waals surface area contributed by atoms with Gasteiger partial charge in [0.05, 0.1) is 13.2 Å². The van der Waals surface area contributed by atoms with E-state index in [9.17, 15) is 9.59 Å². The van der Waals surface area contributed by atoms with Crippen LogP contribution in [0.15, 0.2) is 0 Å². The van der Waals surface area contributed by atoms with E-state index >= 15 is 0 Å². The second kappa shape index (κ2) is 9.88. The standard InChI is InChI=1S/C13H26N2O3/c1-10(2)9-12(16)14-5-7-18-8-6-15-13(17)11(3)4/h10-11H,5-9H2,1-4H3,(H,14,16)(H,15,17). The molecule has 0 rings (SSSR count). The monoisotopic (exact) mass is 258 g/mol. The van der Waals surface area contributed by atoms with Crippen molar-refractivity contribution in [1.82, 2.24) is 10.6 Å². The van der Waals surface area contributed by atoms with E-state index in [0.29, 0.717) is 38.6 Å². The Morgan fingerprint density at radius 1 is 1.00 bits per heavy atom. The molecule has 0 atom stereocenters. The van der Waals surface area contributed by atoms with E-state index in [-0.39, 0.29) is 17.7 Å². The summed E-state index contributed by atoms with van der Waals surface area (Å²) in [6, 6.07) is 0. The molecule has 18 heavy (non-hydrogen) atoms. The summed E-state index contributed by atoms with van der Waals surface area (Å²) in [4.78, 5) is 22.5. The molecule has 0 aliphatic rings. The number of hydrogen-bond donors (Lipinski definition) is 2. The molecule has 2 amide bonds. The number of nitrogens with one attached hydrogen (secondary N) is 2. The first-order valence-corrected chi connectivity index (χ1v) is 6.55. The Labute approximate surface area is 110 Å². The van der Waals surface area contributed by atoms with Crippen LogP contribution in [0.5, 0.6) is 0 Å². The van der Waals surface area contributed by atoms with E-state index in [1.165, 1.54) is 0 Å². The van der Waals surface area contributed by atoms with Crippen LogP contribution in [0.1, 0.15) is 34.1 Å². The highest BCUT2D eigenvalue weighted by molar-refractivity contribution is 5.77. The molecule has 0 saturated heterocycles. The molecule has 0 aliphatic carbocycles. The molecule has 0 aromatic heterocycles. The van der Waals surface area contributed by atoms with Crippen molar-refractivity contribution in [2.24, 2.45) is 11.8 Å². The molecule has 5 heteroatoms. The lowest BCUT2D eigenvalue weighted by atomic mass is 10.1. The molecule has 0 heterocycles. The number of amides is 2. The molecule has 5 nitrogen and oxygen atoms in total. The summed E-state index contributed by atoms with van der Waals surface area (Å²) >= 11 is 0. The van der Waals surface area contributed by atoms with Crippen molar-refractivity contribution in [3.63, 3.8) is 0 Å². The maximum Gasteiger partial charge on any atom is 0.222 e. The fourth-order valence-corrected chi connectivity index (χ4v) is 1.26. The lowest BCUT2D eigenvalue weighted by Crippen LogP contribution is -2.32. The first-order chi connectivity index (χ1) is 8.43. The van der Waals surface area contributed by atoms with Gasteiger partial charge >= 0.3 is 0 Å².